The van der Waals surface area contributed by atoms with Gasteiger partial charge < -0.3 is 10.1 Å². The number of nitrogens with one attached hydrogen (secondary N) is 1. The van der Waals surface area contributed by atoms with Gasteiger partial charge in [0.1, 0.15) is 11.6 Å². The molecule has 0 bridgehead atoms. The molecule has 114 valence electrons. The number of phenolic OH excluding ortho intramolecular Hbond substituents is 1. The molecule has 0 fully saturated rings. The number of phenols is 1. The summed E-state index contributed by atoms with van der Waals surface area (Å²) in [5, 5.41) is 9.55. The first-order valence-corrected chi connectivity index (χ1v) is 6.55. The predicted octanol–water partition coefficient (Wildman–Crippen LogP) is 2.35. The first-order chi connectivity index (χ1) is 9.75. The number of aromatic hydroxyl groups is 1. The van der Waals surface area contributed by atoms with E-state index in [4.69, 9.17) is 0 Å². The normalized spacial score (nSPS) is 11.1. The van der Waals surface area contributed by atoms with Crippen LogP contribution in [0.4, 0.5) is 0 Å². The summed E-state index contributed by atoms with van der Waals surface area (Å²) < 4.78 is 0. The summed E-state index contributed by atoms with van der Waals surface area (Å²) in [5.41, 5.74) is 1.59. The first kappa shape index (κ1) is 17.1. The van der Waals surface area contributed by atoms with Crippen molar-refractivity contribution in [2.24, 2.45) is 9.98 Å². The fourth-order valence-electron chi connectivity index (χ4n) is 1.67. The quantitative estimate of drug-likeness (QED) is 0.484. The van der Waals surface area contributed by atoms with E-state index in [1.54, 1.807) is 24.6 Å². The summed E-state index contributed by atoms with van der Waals surface area (Å²) >= 11 is 0. The average molecular weight is 334 g/mol. The Morgan fingerprint density at radius 3 is 2.57 bits per heavy atom. The third-order valence-corrected chi connectivity index (χ3v) is 2.69. The Bertz CT molecular complexity index is 607. The number of H-pyrrole nitrogens is 1. The van der Waals surface area contributed by atoms with Gasteiger partial charge in [-0.1, -0.05) is 12.1 Å². The second-order valence-corrected chi connectivity index (χ2v) is 4.39. The van der Waals surface area contributed by atoms with Gasteiger partial charge in [0.15, 0.2) is 0 Å². The number of aromatic nitrogens is 2. The molecule has 2 aromatic rings. The van der Waals surface area contributed by atoms with E-state index in [0.29, 0.717) is 13.1 Å². The maximum Gasteiger partial charge on any atom is 1.00 e. The molecule has 0 saturated heterocycles. The SMILES string of the molecule is Cc1nc(C=NCCCN=Cc2ccccc2O)c[nH]1.[Cu+]. The molecular weight excluding hydrogens is 316 g/mol. The van der Waals surface area contributed by atoms with E-state index in [1.165, 1.54) is 0 Å². The molecule has 0 unspecified atom stereocenters. The number of nitrogens with zero attached hydrogens (tertiary/aromatic N) is 3. The summed E-state index contributed by atoms with van der Waals surface area (Å²) in [5.74, 6) is 1.14. The fraction of sp³-hybridized carbons (Fsp3) is 0.267. The van der Waals surface area contributed by atoms with Gasteiger partial charge in [-0.3, -0.25) is 9.98 Å². The maximum atomic E-state index is 9.55. The summed E-state index contributed by atoms with van der Waals surface area (Å²) in [6, 6.07) is 7.14. The Hall–Kier alpha value is -1.91. The maximum absolute atomic E-state index is 9.55. The molecule has 0 saturated carbocycles. The number of aryl methyl sites for hydroxylation is 1. The largest absolute Gasteiger partial charge is 1.00 e. The van der Waals surface area contributed by atoms with E-state index in [1.807, 2.05) is 25.3 Å². The van der Waals surface area contributed by atoms with E-state index >= 15 is 0 Å². The molecule has 2 rings (SSSR count). The number of para-hydroxylation sites is 1. The van der Waals surface area contributed by atoms with Crippen LogP contribution < -0.4 is 0 Å². The molecule has 1 heterocycles. The van der Waals surface area contributed by atoms with E-state index in [0.717, 1.165) is 23.5 Å². The Balaban J connectivity index is 0.00000220. The van der Waals surface area contributed by atoms with Crippen LogP contribution in [0.5, 0.6) is 5.75 Å². The van der Waals surface area contributed by atoms with Crippen LogP contribution in [0.2, 0.25) is 0 Å². The minimum absolute atomic E-state index is 0. The van der Waals surface area contributed by atoms with Crippen LogP contribution in [0, 0.1) is 6.92 Å². The van der Waals surface area contributed by atoms with Crippen molar-refractivity contribution in [1.29, 1.82) is 0 Å². The number of imidazole rings is 1. The van der Waals surface area contributed by atoms with Gasteiger partial charge in [-0.25, -0.2) is 4.98 Å². The van der Waals surface area contributed by atoms with Gasteiger partial charge in [-0.05, 0) is 25.5 Å². The summed E-state index contributed by atoms with van der Waals surface area (Å²) in [4.78, 5) is 15.8. The molecule has 1 aromatic heterocycles. The third kappa shape index (κ3) is 5.94. The molecule has 0 aliphatic heterocycles. The van der Waals surface area contributed by atoms with Crippen molar-refractivity contribution in [3.63, 3.8) is 0 Å². The zero-order chi connectivity index (χ0) is 14.2. The molecule has 6 heteroatoms. The van der Waals surface area contributed by atoms with Gasteiger partial charge in [-0.15, -0.1) is 0 Å². The summed E-state index contributed by atoms with van der Waals surface area (Å²) in [7, 11) is 0. The van der Waals surface area contributed by atoms with Crippen molar-refractivity contribution in [3.05, 3.63) is 47.5 Å². The molecule has 0 atom stereocenters. The summed E-state index contributed by atoms with van der Waals surface area (Å²) in [6.07, 6.45) is 6.14. The van der Waals surface area contributed by atoms with Gasteiger partial charge in [0.25, 0.3) is 0 Å². The van der Waals surface area contributed by atoms with Crippen molar-refractivity contribution in [2.45, 2.75) is 13.3 Å². The van der Waals surface area contributed by atoms with E-state index in [2.05, 4.69) is 20.0 Å². The van der Waals surface area contributed by atoms with Crippen LogP contribution >= 0.6 is 0 Å². The van der Waals surface area contributed by atoms with Crippen LogP contribution in [0.3, 0.4) is 0 Å². The van der Waals surface area contributed by atoms with Crippen LogP contribution in [-0.4, -0.2) is 40.6 Å². The average Bonchev–Trinajstić information content (AvgIpc) is 2.85. The molecule has 5 nitrogen and oxygen atoms in total. The van der Waals surface area contributed by atoms with Crippen molar-refractivity contribution < 1.29 is 22.2 Å². The topological polar surface area (TPSA) is 73.6 Å². The number of aliphatic imine (C=N–C) groups is 2. The molecule has 0 spiro atoms. The minimum atomic E-state index is 0. The second-order valence-electron chi connectivity index (χ2n) is 4.39. The fourth-order valence-corrected chi connectivity index (χ4v) is 1.67. The Morgan fingerprint density at radius 1 is 1.19 bits per heavy atom. The molecular formula is C15H18CuN4O+. The number of benzene rings is 1. The minimum Gasteiger partial charge on any atom is -0.507 e. The van der Waals surface area contributed by atoms with Crippen molar-refractivity contribution in [1.82, 2.24) is 9.97 Å². The zero-order valence-electron chi connectivity index (χ0n) is 11.8. The number of hydrogen-bond donors (Lipinski definition) is 2. The van der Waals surface area contributed by atoms with Gasteiger partial charge in [-0.2, -0.15) is 0 Å². The van der Waals surface area contributed by atoms with Crippen LogP contribution in [-0.2, 0) is 17.1 Å². The second kappa shape index (κ2) is 9.10. The van der Waals surface area contributed by atoms with Crippen molar-refractivity contribution in [2.75, 3.05) is 13.1 Å². The number of rotatable bonds is 6. The van der Waals surface area contributed by atoms with Crippen molar-refractivity contribution >= 4 is 12.4 Å². The monoisotopic (exact) mass is 333 g/mol. The Labute approximate surface area is 134 Å². The molecule has 0 aliphatic rings. The molecule has 0 amide bonds. The number of hydrogen-bond acceptors (Lipinski definition) is 4. The predicted molar refractivity (Wildman–Crippen MR) is 81.0 cm³/mol. The molecule has 0 radical (unpaired) electrons. The van der Waals surface area contributed by atoms with Crippen LogP contribution in [0.25, 0.3) is 0 Å². The Kier molecular flexibility index (Phi) is 7.43. The molecule has 1 aromatic carbocycles. The summed E-state index contributed by atoms with van der Waals surface area (Å²) in [6.45, 7) is 3.31. The standard InChI is InChI=1S/C15H18N4O.Cu/c1-12-18-11-14(19-12)10-17-8-4-7-16-9-13-5-2-3-6-15(13)20;/h2-3,5-6,9-11,20H,4,7-8H2,1H3,(H,18,19);/q;+1. The smallest absolute Gasteiger partial charge is 0.507 e. The molecule has 2 N–H and O–H groups in total. The van der Waals surface area contributed by atoms with E-state index in [-0.39, 0.29) is 22.8 Å². The molecule has 21 heavy (non-hydrogen) atoms. The van der Waals surface area contributed by atoms with Crippen LogP contribution in [0.1, 0.15) is 23.5 Å². The van der Waals surface area contributed by atoms with Gasteiger partial charge >= 0.3 is 17.1 Å². The third-order valence-electron chi connectivity index (χ3n) is 2.69. The zero-order valence-corrected chi connectivity index (χ0v) is 12.7. The van der Waals surface area contributed by atoms with E-state index < -0.39 is 0 Å². The van der Waals surface area contributed by atoms with Gasteiger partial charge in [0.05, 0.1) is 5.69 Å². The van der Waals surface area contributed by atoms with Crippen molar-refractivity contribution in [3.8, 4) is 5.75 Å². The molecule has 0 aliphatic carbocycles. The van der Waals surface area contributed by atoms with E-state index in [9.17, 15) is 5.11 Å². The van der Waals surface area contributed by atoms with Gasteiger partial charge in [0.2, 0.25) is 0 Å². The first-order valence-electron chi connectivity index (χ1n) is 6.55. The van der Waals surface area contributed by atoms with Gasteiger partial charge in [0, 0.05) is 37.3 Å². The van der Waals surface area contributed by atoms with Crippen LogP contribution in [0.15, 0.2) is 40.4 Å². The Morgan fingerprint density at radius 2 is 1.90 bits per heavy atom. The number of aromatic amines is 1.